The number of guanidine groups is 1. The lowest BCUT2D eigenvalue weighted by atomic mass is 9.99. The zero-order valence-electron chi connectivity index (χ0n) is 19.6. The molecule has 0 unspecified atom stereocenters. The second-order valence-corrected chi connectivity index (χ2v) is 8.77. The van der Waals surface area contributed by atoms with Crippen LogP contribution in [0.25, 0.3) is 0 Å². The Kier molecular flexibility index (Phi) is 12.8. The highest BCUT2D eigenvalue weighted by Gasteiger charge is 2.36. The number of hydrogen-bond donors (Lipinski definition) is 8. The molecular weight excluding hydrogens is 420 g/mol. The van der Waals surface area contributed by atoms with Crippen LogP contribution in [-0.4, -0.2) is 69.6 Å². The third-order valence-electron chi connectivity index (χ3n) is 4.47. The summed E-state index contributed by atoms with van der Waals surface area (Å²) in [5.74, 6) is -4.79. The van der Waals surface area contributed by atoms with Gasteiger partial charge >= 0.3 is 0 Å². The highest BCUT2D eigenvalue weighted by molar-refractivity contribution is 5.91. The Morgan fingerprint density at radius 2 is 1.34 bits per heavy atom. The van der Waals surface area contributed by atoms with Crippen LogP contribution >= 0.6 is 0 Å². The Balaban J connectivity index is 5.39. The van der Waals surface area contributed by atoms with Gasteiger partial charge in [0, 0.05) is 13.5 Å². The van der Waals surface area contributed by atoms with Crippen molar-refractivity contribution in [2.75, 3.05) is 6.54 Å². The minimum atomic E-state index is -3.18. The molecule has 10 N–H and O–H groups in total. The Morgan fingerprint density at radius 3 is 1.75 bits per heavy atom. The van der Waals surface area contributed by atoms with Crippen LogP contribution in [0.5, 0.6) is 0 Å². The minimum Gasteiger partial charge on any atom is -0.370 e. The van der Waals surface area contributed by atoms with Crippen molar-refractivity contribution in [3.05, 3.63) is 0 Å². The molecule has 0 aliphatic heterocycles. The summed E-state index contributed by atoms with van der Waals surface area (Å²) in [6.07, 6.45) is 0.826. The van der Waals surface area contributed by atoms with Gasteiger partial charge in [0.05, 0.1) is 0 Å². The van der Waals surface area contributed by atoms with Gasteiger partial charge in [-0.1, -0.05) is 27.7 Å². The van der Waals surface area contributed by atoms with E-state index in [1.54, 1.807) is 0 Å². The van der Waals surface area contributed by atoms with E-state index < -0.39 is 35.9 Å². The molecule has 0 saturated carbocycles. The van der Waals surface area contributed by atoms with Gasteiger partial charge in [-0.25, -0.2) is 0 Å². The van der Waals surface area contributed by atoms with Crippen molar-refractivity contribution in [2.45, 2.75) is 84.4 Å². The summed E-state index contributed by atoms with van der Waals surface area (Å²) in [6, 6.07) is -3.29. The van der Waals surface area contributed by atoms with Crippen LogP contribution in [-0.2, 0) is 14.4 Å². The molecule has 0 aliphatic rings. The molecule has 0 bridgehead atoms. The summed E-state index contributed by atoms with van der Waals surface area (Å²) in [5, 5.41) is 36.5. The van der Waals surface area contributed by atoms with Gasteiger partial charge in [0.2, 0.25) is 17.7 Å². The highest BCUT2D eigenvalue weighted by atomic mass is 16.7. The molecule has 0 rings (SSSR count). The lowest BCUT2D eigenvalue weighted by molar-refractivity contribution is -0.327. The van der Waals surface area contributed by atoms with E-state index >= 15 is 0 Å². The van der Waals surface area contributed by atoms with E-state index in [4.69, 9.17) is 11.5 Å². The Bertz CT molecular complexity index is 643. The average molecular weight is 461 g/mol. The fourth-order valence-corrected chi connectivity index (χ4v) is 3.06. The SMILES string of the molecule is CC(=O)N[C@@H](CC(C)C)C(=O)N[C@@H](CC(C)C)C(=O)N[C@@H](CCCN=C(N)N)C(O)(O)O. The number of nitrogens with two attached hydrogens (primary N) is 2. The quantitative estimate of drug-likeness (QED) is 0.0641. The number of aliphatic hydroxyl groups is 3. The molecule has 0 aliphatic carbocycles. The Morgan fingerprint density at radius 1 is 0.875 bits per heavy atom. The van der Waals surface area contributed by atoms with E-state index in [1.807, 2.05) is 27.7 Å². The summed E-state index contributed by atoms with van der Waals surface area (Å²) in [5.41, 5.74) is 10.5. The van der Waals surface area contributed by atoms with E-state index in [2.05, 4.69) is 20.9 Å². The fraction of sp³-hybridized carbons (Fsp3) is 0.800. The van der Waals surface area contributed by atoms with Crippen molar-refractivity contribution < 1.29 is 29.7 Å². The van der Waals surface area contributed by atoms with Crippen LogP contribution < -0.4 is 27.4 Å². The topological polar surface area (TPSA) is 212 Å². The number of amides is 3. The first-order valence-corrected chi connectivity index (χ1v) is 10.7. The van der Waals surface area contributed by atoms with Crippen LogP contribution in [0.4, 0.5) is 0 Å². The largest absolute Gasteiger partial charge is 0.370 e. The van der Waals surface area contributed by atoms with Crippen molar-refractivity contribution >= 4 is 23.7 Å². The molecule has 3 amide bonds. The molecule has 0 saturated heterocycles. The molecule has 12 heteroatoms. The van der Waals surface area contributed by atoms with Crippen molar-refractivity contribution in [3.8, 4) is 0 Å². The number of rotatable bonds is 14. The predicted molar refractivity (Wildman–Crippen MR) is 120 cm³/mol. The predicted octanol–water partition coefficient (Wildman–Crippen LogP) is -1.76. The molecule has 0 heterocycles. The van der Waals surface area contributed by atoms with Crippen LogP contribution in [0, 0.1) is 11.8 Å². The summed E-state index contributed by atoms with van der Waals surface area (Å²) >= 11 is 0. The van der Waals surface area contributed by atoms with Gasteiger partial charge in [-0.2, -0.15) is 0 Å². The number of carbonyl (C=O) groups is 3. The molecule has 32 heavy (non-hydrogen) atoms. The molecule has 0 aromatic carbocycles. The highest BCUT2D eigenvalue weighted by Crippen LogP contribution is 2.13. The zero-order valence-corrected chi connectivity index (χ0v) is 19.6. The fourth-order valence-electron chi connectivity index (χ4n) is 3.06. The van der Waals surface area contributed by atoms with Crippen molar-refractivity contribution in [2.24, 2.45) is 28.3 Å². The van der Waals surface area contributed by atoms with E-state index in [1.165, 1.54) is 6.92 Å². The molecule has 0 aromatic rings. The van der Waals surface area contributed by atoms with Crippen molar-refractivity contribution in [3.63, 3.8) is 0 Å². The van der Waals surface area contributed by atoms with Gasteiger partial charge in [0.1, 0.15) is 18.1 Å². The summed E-state index contributed by atoms with van der Waals surface area (Å²) in [6.45, 7) is 8.97. The second-order valence-electron chi connectivity index (χ2n) is 8.77. The number of nitrogens with zero attached hydrogens (tertiary/aromatic N) is 1. The number of nitrogens with one attached hydrogen (secondary N) is 3. The van der Waals surface area contributed by atoms with Gasteiger partial charge < -0.3 is 42.7 Å². The van der Waals surface area contributed by atoms with Gasteiger partial charge in [-0.05, 0) is 37.5 Å². The lowest BCUT2D eigenvalue weighted by Gasteiger charge is -2.30. The summed E-state index contributed by atoms with van der Waals surface area (Å²) < 4.78 is 0. The molecule has 186 valence electrons. The Labute approximate surface area is 189 Å². The maximum absolute atomic E-state index is 12.9. The molecule has 0 radical (unpaired) electrons. The van der Waals surface area contributed by atoms with Crippen LogP contribution in [0.1, 0.15) is 60.3 Å². The molecule has 12 nitrogen and oxygen atoms in total. The van der Waals surface area contributed by atoms with Gasteiger partial charge in [-0.3, -0.25) is 19.4 Å². The van der Waals surface area contributed by atoms with Gasteiger partial charge in [0.15, 0.2) is 5.96 Å². The Hall–Kier alpha value is -2.44. The first-order valence-electron chi connectivity index (χ1n) is 10.7. The van der Waals surface area contributed by atoms with Crippen molar-refractivity contribution in [1.82, 2.24) is 16.0 Å². The molecule has 0 aromatic heterocycles. The van der Waals surface area contributed by atoms with Crippen LogP contribution in [0.3, 0.4) is 0 Å². The van der Waals surface area contributed by atoms with Crippen molar-refractivity contribution in [1.29, 1.82) is 0 Å². The minimum absolute atomic E-state index is 0.0119. The third kappa shape index (κ3) is 13.1. The average Bonchev–Trinajstić information content (AvgIpc) is 2.60. The number of aliphatic imine (C=N–C) groups is 1. The third-order valence-corrected chi connectivity index (χ3v) is 4.47. The van der Waals surface area contributed by atoms with E-state index in [-0.39, 0.29) is 49.5 Å². The normalized spacial score (nSPS) is 14.4. The first-order chi connectivity index (χ1) is 14.6. The number of hydrogen-bond acceptors (Lipinski definition) is 7. The van der Waals surface area contributed by atoms with E-state index in [9.17, 15) is 29.7 Å². The monoisotopic (exact) mass is 460 g/mol. The lowest BCUT2D eigenvalue weighted by Crippen LogP contribution is -2.59. The second kappa shape index (κ2) is 13.9. The summed E-state index contributed by atoms with van der Waals surface area (Å²) in [4.78, 5) is 40.9. The smallest absolute Gasteiger partial charge is 0.296 e. The van der Waals surface area contributed by atoms with Gasteiger partial charge in [-0.15, -0.1) is 0 Å². The number of carbonyl (C=O) groups excluding carboxylic acids is 3. The zero-order chi connectivity index (χ0) is 25.1. The molecule has 0 fully saturated rings. The van der Waals surface area contributed by atoms with E-state index in [0.29, 0.717) is 6.42 Å². The molecule has 0 spiro atoms. The maximum Gasteiger partial charge on any atom is 0.296 e. The maximum atomic E-state index is 12.9. The van der Waals surface area contributed by atoms with Crippen LogP contribution in [0.15, 0.2) is 4.99 Å². The molecule has 3 atom stereocenters. The standard InChI is InChI=1S/C20H40N6O6/c1-11(2)9-14(24-13(5)27)17(28)25-15(10-12(3)4)18(29)26-16(20(30,31)32)7-6-8-23-19(21)22/h11-12,14-16,30-32H,6-10H2,1-5H3,(H,24,27)(H,25,28)(H,26,29)(H4,21,22,23)/t14-,15-,16-/m0/s1. The van der Waals surface area contributed by atoms with Crippen LogP contribution in [0.2, 0.25) is 0 Å². The molecular formula is C20H40N6O6. The summed E-state index contributed by atoms with van der Waals surface area (Å²) in [7, 11) is 0. The van der Waals surface area contributed by atoms with Gasteiger partial charge in [0.25, 0.3) is 5.97 Å². The first kappa shape index (κ1) is 29.6. The van der Waals surface area contributed by atoms with E-state index in [0.717, 1.165) is 0 Å².